The first-order valence-corrected chi connectivity index (χ1v) is 11.3. The summed E-state index contributed by atoms with van der Waals surface area (Å²) in [7, 11) is 0. The Bertz CT molecular complexity index is 893. The van der Waals surface area contributed by atoms with Crippen LogP contribution in [0.2, 0.25) is 0 Å². The van der Waals surface area contributed by atoms with Crippen molar-refractivity contribution in [1.82, 2.24) is 14.7 Å². The molecule has 6 nitrogen and oxygen atoms in total. The number of piperazine rings is 1. The maximum atomic E-state index is 13.1. The molecule has 0 aliphatic carbocycles. The van der Waals surface area contributed by atoms with Crippen molar-refractivity contribution in [2.45, 2.75) is 26.3 Å². The molecule has 0 aromatic heterocycles. The molecule has 1 unspecified atom stereocenters. The fourth-order valence-electron chi connectivity index (χ4n) is 4.56. The lowest BCUT2D eigenvalue weighted by Crippen LogP contribution is -2.54. The van der Waals surface area contributed by atoms with E-state index in [9.17, 15) is 9.59 Å². The van der Waals surface area contributed by atoms with E-state index in [0.29, 0.717) is 26.2 Å². The summed E-state index contributed by atoms with van der Waals surface area (Å²) in [5, 5.41) is 2.97. The van der Waals surface area contributed by atoms with Crippen LogP contribution in [0, 0.1) is 12.8 Å². The van der Waals surface area contributed by atoms with Gasteiger partial charge in [-0.05, 0) is 49.6 Å². The maximum absolute atomic E-state index is 13.1. The number of anilines is 1. The highest BCUT2D eigenvalue weighted by Crippen LogP contribution is 2.21. The van der Waals surface area contributed by atoms with Crippen molar-refractivity contribution in [3.63, 3.8) is 0 Å². The SMILES string of the molecule is Cc1cccc(NC(=O)N2CCN(C(=O)C3CCCN(Cc4ccccc4)C3)CC2)c1. The van der Waals surface area contributed by atoms with Crippen LogP contribution in [0.15, 0.2) is 54.6 Å². The second kappa shape index (κ2) is 9.96. The zero-order valence-electron chi connectivity index (χ0n) is 18.3. The predicted octanol–water partition coefficient (Wildman–Crippen LogP) is 3.58. The van der Waals surface area contributed by atoms with Crippen LogP contribution in [0.4, 0.5) is 10.5 Å². The Morgan fingerprint density at radius 3 is 2.42 bits per heavy atom. The molecule has 2 fully saturated rings. The monoisotopic (exact) mass is 420 g/mol. The molecule has 2 aliphatic heterocycles. The number of hydrogen-bond donors (Lipinski definition) is 1. The molecule has 0 radical (unpaired) electrons. The number of piperidine rings is 1. The molecule has 2 aliphatic rings. The van der Waals surface area contributed by atoms with Gasteiger partial charge in [0.25, 0.3) is 0 Å². The minimum atomic E-state index is -0.0931. The van der Waals surface area contributed by atoms with Gasteiger partial charge in [-0.2, -0.15) is 0 Å². The van der Waals surface area contributed by atoms with E-state index >= 15 is 0 Å². The second-order valence-corrected chi connectivity index (χ2v) is 8.67. The van der Waals surface area contributed by atoms with Crippen LogP contribution >= 0.6 is 0 Å². The number of carbonyl (C=O) groups excluding carboxylic acids is 2. The van der Waals surface area contributed by atoms with Crippen LogP contribution in [-0.2, 0) is 11.3 Å². The number of nitrogens with zero attached hydrogens (tertiary/aromatic N) is 3. The molecule has 31 heavy (non-hydrogen) atoms. The summed E-state index contributed by atoms with van der Waals surface area (Å²) >= 11 is 0. The van der Waals surface area contributed by atoms with Gasteiger partial charge in [-0.1, -0.05) is 42.5 Å². The Labute approximate surface area is 184 Å². The number of nitrogens with one attached hydrogen (secondary N) is 1. The van der Waals surface area contributed by atoms with Gasteiger partial charge in [0.15, 0.2) is 0 Å². The number of benzene rings is 2. The molecule has 0 spiro atoms. The van der Waals surface area contributed by atoms with Gasteiger partial charge in [-0.15, -0.1) is 0 Å². The van der Waals surface area contributed by atoms with Crippen LogP contribution in [0.5, 0.6) is 0 Å². The molecular weight excluding hydrogens is 388 g/mol. The van der Waals surface area contributed by atoms with E-state index in [2.05, 4.69) is 34.5 Å². The fourth-order valence-corrected chi connectivity index (χ4v) is 4.56. The van der Waals surface area contributed by atoms with Crippen molar-refractivity contribution in [3.05, 3.63) is 65.7 Å². The van der Waals surface area contributed by atoms with Gasteiger partial charge < -0.3 is 15.1 Å². The predicted molar refractivity (Wildman–Crippen MR) is 123 cm³/mol. The van der Waals surface area contributed by atoms with Gasteiger partial charge in [0.1, 0.15) is 0 Å². The Balaban J connectivity index is 1.26. The Kier molecular flexibility index (Phi) is 6.87. The van der Waals surface area contributed by atoms with Gasteiger partial charge in [-0.25, -0.2) is 4.79 Å². The lowest BCUT2D eigenvalue weighted by atomic mass is 9.95. The normalized spacial score (nSPS) is 19.8. The van der Waals surface area contributed by atoms with Gasteiger partial charge in [-0.3, -0.25) is 9.69 Å². The summed E-state index contributed by atoms with van der Waals surface area (Å²) in [4.78, 5) is 31.9. The zero-order chi connectivity index (χ0) is 21.6. The highest BCUT2D eigenvalue weighted by Gasteiger charge is 2.31. The van der Waals surface area contributed by atoms with Gasteiger partial charge in [0, 0.05) is 45.0 Å². The van der Waals surface area contributed by atoms with Gasteiger partial charge >= 0.3 is 6.03 Å². The smallest absolute Gasteiger partial charge is 0.321 e. The van der Waals surface area contributed by atoms with Crippen LogP contribution in [0.25, 0.3) is 0 Å². The molecule has 1 N–H and O–H groups in total. The number of hydrogen-bond acceptors (Lipinski definition) is 3. The molecular formula is C25H32N4O2. The average molecular weight is 421 g/mol. The topological polar surface area (TPSA) is 55.9 Å². The van der Waals surface area contributed by atoms with Gasteiger partial charge in [0.2, 0.25) is 5.91 Å². The molecule has 6 heteroatoms. The first kappa shape index (κ1) is 21.4. The number of aryl methyl sites for hydroxylation is 1. The third-order valence-corrected chi connectivity index (χ3v) is 6.25. The van der Waals surface area contributed by atoms with E-state index in [4.69, 9.17) is 0 Å². The van der Waals surface area contributed by atoms with Crippen molar-refractivity contribution < 1.29 is 9.59 Å². The number of rotatable bonds is 4. The van der Waals surface area contributed by atoms with Crippen molar-refractivity contribution in [1.29, 1.82) is 0 Å². The number of carbonyl (C=O) groups is 2. The molecule has 1 atom stereocenters. The number of urea groups is 1. The highest BCUT2D eigenvalue weighted by molar-refractivity contribution is 5.89. The summed E-state index contributed by atoms with van der Waals surface area (Å²) < 4.78 is 0. The zero-order valence-corrected chi connectivity index (χ0v) is 18.3. The van der Waals surface area contributed by atoms with Crippen LogP contribution in [0.1, 0.15) is 24.0 Å². The summed E-state index contributed by atoms with van der Waals surface area (Å²) in [6.45, 7) is 7.13. The number of likely N-dealkylation sites (tertiary alicyclic amines) is 1. The van der Waals surface area contributed by atoms with Crippen molar-refractivity contribution in [2.75, 3.05) is 44.6 Å². The summed E-state index contributed by atoms with van der Waals surface area (Å²) in [6.07, 6.45) is 2.01. The van der Waals surface area contributed by atoms with Crippen LogP contribution in [0.3, 0.4) is 0 Å². The van der Waals surface area contributed by atoms with E-state index in [0.717, 1.165) is 43.7 Å². The van der Waals surface area contributed by atoms with E-state index in [-0.39, 0.29) is 17.9 Å². The average Bonchev–Trinajstić information content (AvgIpc) is 2.79. The minimum absolute atomic E-state index is 0.0603. The largest absolute Gasteiger partial charge is 0.339 e. The van der Waals surface area contributed by atoms with Crippen molar-refractivity contribution in [2.24, 2.45) is 5.92 Å². The third kappa shape index (κ3) is 5.64. The van der Waals surface area contributed by atoms with E-state index in [1.807, 2.05) is 42.2 Å². The molecule has 0 bridgehead atoms. The molecule has 3 amide bonds. The Morgan fingerprint density at radius 2 is 1.68 bits per heavy atom. The van der Waals surface area contributed by atoms with E-state index < -0.39 is 0 Å². The Hall–Kier alpha value is -2.86. The third-order valence-electron chi connectivity index (χ3n) is 6.25. The number of amides is 3. The standard InChI is InChI=1S/C25H32N4O2/c1-20-7-5-11-23(17-20)26-25(31)29-15-13-28(14-16-29)24(30)22-10-6-12-27(19-22)18-21-8-3-2-4-9-21/h2-5,7-9,11,17,22H,6,10,12-16,18-19H2,1H3,(H,26,31). The Morgan fingerprint density at radius 1 is 0.935 bits per heavy atom. The molecule has 2 aromatic carbocycles. The molecule has 2 saturated heterocycles. The summed E-state index contributed by atoms with van der Waals surface area (Å²) in [5.74, 6) is 0.307. The van der Waals surface area contributed by atoms with Crippen LogP contribution in [-0.4, -0.2) is 65.9 Å². The maximum Gasteiger partial charge on any atom is 0.321 e. The molecule has 2 aromatic rings. The van der Waals surface area contributed by atoms with Crippen molar-refractivity contribution in [3.8, 4) is 0 Å². The lowest BCUT2D eigenvalue weighted by Gasteiger charge is -2.39. The molecule has 2 heterocycles. The van der Waals surface area contributed by atoms with Crippen molar-refractivity contribution >= 4 is 17.6 Å². The first-order valence-electron chi connectivity index (χ1n) is 11.3. The molecule has 4 rings (SSSR count). The first-order chi connectivity index (χ1) is 15.1. The second-order valence-electron chi connectivity index (χ2n) is 8.67. The quantitative estimate of drug-likeness (QED) is 0.823. The minimum Gasteiger partial charge on any atom is -0.339 e. The fraction of sp³-hybridized carbons (Fsp3) is 0.440. The van der Waals surface area contributed by atoms with E-state index in [1.54, 1.807) is 4.90 Å². The summed E-state index contributed by atoms with van der Waals surface area (Å²) in [6, 6.07) is 18.2. The summed E-state index contributed by atoms with van der Waals surface area (Å²) in [5.41, 5.74) is 3.22. The molecule has 0 saturated carbocycles. The highest BCUT2D eigenvalue weighted by atomic mass is 16.2. The molecule has 164 valence electrons. The van der Waals surface area contributed by atoms with E-state index in [1.165, 1.54) is 5.56 Å². The van der Waals surface area contributed by atoms with Gasteiger partial charge in [0.05, 0.1) is 5.92 Å². The lowest BCUT2D eigenvalue weighted by molar-refractivity contribution is -0.138. The van der Waals surface area contributed by atoms with Crippen LogP contribution < -0.4 is 5.32 Å².